The first-order chi connectivity index (χ1) is 10.2. The summed E-state index contributed by atoms with van der Waals surface area (Å²) in [4.78, 5) is 14.0. The van der Waals surface area contributed by atoms with Gasteiger partial charge in [-0.15, -0.1) is 0 Å². The molecular weight excluding hydrogens is 273 g/mol. The summed E-state index contributed by atoms with van der Waals surface area (Å²) in [6.07, 6.45) is 0. The zero-order valence-corrected chi connectivity index (χ0v) is 12.5. The number of hydrogen-bond acceptors (Lipinski definition) is 4. The predicted octanol–water partition coefficient (Wildman–Crippen LogP) is 0.886. The number of anilines is 1. The van der Waals surface area contributed by atoms with E-state index in [1.54, 1.807) is 6.07 Å². The van der Waals surface area contributed by atoms with Gasteiger partial charge in [0.2, 0.25) is 5.91 Å². The normalized spacial score (nSPS) is 18.6. The first kappa shape index (κ1) is 15.7. The van der Waals surface area contributed by atoms with Crippen molar-refractivity contribution in [2.45, 2.75) is 19.5 Å². The minimum atomic E-state index is -0.494. The Morgan fingerprint density at radius 2 is 2.33 bits per heavy atom. The molecule has 1 atom stereocenters. The van der Waals surface area contributed by atoms with E-state index in [1.165, 1.54) is 6.07 Å². The minimum absolute atomic E-state index is 0.129. The molecule has 1 aliphatic heterocycles. The molecule has 0 spiro atoms. The molecule has 0 saturated carbocycles. The fraction of sp³-hybridized carbons (Fsp3) is 0.533. The molecular formula is C15H22FN3O2. The van der Waals surface area contributed by atoms with Gasteiger partial charge in [-0.3, -0.25) is 4.79 Å². The van der Waals surface area contributed by atoms with Crippen molar-refractivity contribution in [3.63, 3.8) is 0 Å². The summed E-state index contributed by atoms with van der Waals surface area (Å²) < 4.78 is 19.7. The first-order valence-corrected chi connectivity index (χ1v) is 7.23. The van der Waals surface area contributed by atoms with Gasteiger partial charge in [0.1, 0.15) is 11.9 Å². The molecule has 1 unspecified atom stereocenters. The highest BCUT2D eigenvalue weighted by atomic mass is 19.1. The maximum absolute atomic E-state index is 14.3. The van der Waals surface area contributed by atoms with Crippen molar-refractivity contribution in [2.75, 3.05) is 38.3 Å². The quantitative estimate of drug-likeness (QED) is 0.847. The van der Waals surface area contributed by atoms with Crippen LogP contribution in [-0.2, 0) is 16.1 Å². The molecule has 1 fully saturated rings. The van der Waals surface area contributed by atoms with Crippen molar-refractivity contribution in [2.24, 2.45) is 0 Å². The topological polar surface area (TPSA) is 53.6 Å². The second kappa shape index (κ2) is 7.38. The van der Waals surface area contributed by atoms with Gasteiger partial charge in [-0.1, -0.05) is 12.1 Å². The van der Waals surface area contributed by atoms with E-state index in [0.29, 0.717) is 31.9 Å². The molecule has 1 aromatic rings. The third-order valence-electron chi connectivity index (χ3n) is 3.51. The molecule has 1 saturated heterocycles. The highest BCUT2D eigenvalue weighted by Crippen LogP contribution is 2.28. The van der Waals surface area contributed by atoms with E-state index < -0.39 is 6.04 Å². The Kier molecular flexibility index (Phi) is 5.52. The summed E-state index contributed by atoms with van der Waals surface area (Å²) >= 11 is 0. The Hall–Kier alpha value is -1.66. The van der Waals surface area contributed by atoms with E-state index in [-0.39, 0.29) is 18.3 Å². The number of hydrogen-bond donors (Lipinski definition) is 2. The third kappa shape index (κ3) is 3.51. The van der Waals surface area contributed by atoms with Gasteiger partial charge in [0.25, 0.3) is 0 Å². The van der Waals surface area contributed by atoms with E-state index in [9.17, 15) is 9.18 Å². The molecule has 2 rings (SSSR count). The van der Waals surface area contributed by atoms with Crippen molar-refractivity contribution in [1.29, 1.82) is 0 Å². The second-order valence-electron chi connectivity index (χ2n) is 4.96. The summed E-state index contributed by atoms with van der Waals surface area (Å²) in [6.45, 7) is 4.22. The number of carbonyl (C=O) groups excluding carboxylic acids is 1. The van der Waals surface area contributed by atoms with Gasteiger partial charge in [0, 0.05) is 19.6 Å². The third-order valence-corrected chi connectivity index (χ3v) is 3.51. The number of rotatable bonds is 5. The molecule has 6 heteroatoms. The largest absolute Gasteiger partial charge is 0.377 e. The number of carbonyl (C=O) groups is 1. The van der Waals surface area contributed by atoms with Gasteiger partial charge in [-0.2, -0.15) is 0 Å². The van der Waals surface area contributed by atoms with Gasteiger partial charge in [0.05, 0.1) is 18.9 Å². The molecule has 21 heavy (non-hydrogen) atoms. The maximum atomic E-state index is 14.3. The SMILES string of the molecule is CCNC(=O)C1COCCN1c1c(F)cccc1CNC. The van der Waals surface area contributed by atoms with Crippen LogP contribution in [0.2, 0.25) is 0 Å². The van der Waals surface area contributed by atoms with Crippen LogP contribution in [0, 0.1) is 5.82 Å². The molecule has 0 bridgehead atoms. The lowest BCUT2D eigenvalue weighted by atomic mass is 10.1. The summed E-state index contributed by atoms with van der Waals surface area (Å²) in [5, 5.41) is 5.82. The lowest BCUT2D eigenvalue weighted by Gasteiger charge is -2.37. The lowest BCUT2D eigenvalue weighted by molar-refractivity contribution is -0.124. The Morgan fingerprint density at radius 1 is 1.52 bits per heavy atom. The van der Waals surface area contributed by atoms with Gasteiger partial charge in [-0.05, 0) is 25.6 Å². The molecule has 0 radical (unpaired) electrons. The van der Waals surface area contributed by atoms with Crippen LogP contribution in [0.3, 0.4) is 0 Å². The van der Waals surface area contributed by atoms with Crippen LogP contribution in [0.15, 0.2) is 18.2 Å². The van der Waals surface area contributed by atoms with E-state index in [1.807, 2.05) is 24.9 Å². The summed E-state index contributed by atoms with van der Waals surface area (Å²) in [7, 11) is 1.81. The van der Waals surface area contributed by atoms with Crippen molar-refractivity contribution >= 4 is 11.6 Å². The van der Waals surface area contributed by atoms with E-state index >= 15 is 0 Å². The van der Waals surface area contributed by atoms with Gasteiger partial charge >= 0.3 is 0 Å². The van der Waals surface area contributed by atoms with Crippen molar-refractivity contribution in [1.82, 2.24) is 10.6 Å². The number of nitrogens with one attached hydrogen (secondary N) is 2. The molecule has 5 nitrogen and oxygen atoms in total. The Morgan fingerprint density at radius 3 is 3.05 bits per heavy atom. The van der Waals surface area contributed by atoms with Crippen molar-refractivity contribution in [3.8, 4) is 0 Å². The maximum Gasteiger partial charge on any atom is 0.245 e. The fourth-order valence-corrected chi connectivity index (χ4v) is 2.60. The van der Waals surface area contributed by atoms with E-state index in [0.717, 1.165) is 5.56 Å². The Bertz CT molecular complexity index is 496. The zero-order chi connectivity index (χ0) is 15.2. The molecule has 1 aromatic carbocycles. The van der Waals surface area contributed by atoms with Crippen molar-refractivity contribution in [3.05, 3.63) is 29.6 Å². The second-order valence-corrected chi connectivity index (χ2v) is 4.96. The monoisotopic (exact) mass is 295 g/mol. The van der Waals surface area contributed by atoms with Crippen LogP contribution in [0.5, 0.6) is 0 Å². The van der Waals surface area contributed by atoms with Crippen LogP contribution in [-0.4, -0.2) is 45.3 Å². The lowest BCUT2D eigenvalue weighted by Crippen LogP contribution is -2.54. The van der Waals surface area contributed by atoms with Gasteiger partial charge < -0.3 is 20.3 Å². The minimum Gasteiger partial charge on any atom is -0.377 e. The van der Waals surface area contributed by atoms with Crippen LogP contribution < -0.4 is 15.5 Å². The van der Waals surface area contributed by atoms with Crippen LogP contribution in [0.1, 0.15) is 12.5 Å². The Balaban J connectivity index is 2.35. The predicted molar refractivity (Wildman–Crippen MR) is 79.8 cm³/mol. The number of amides is 1. The number of ether oxygens (including phenoxy) is 1. The summed E-state index contributed by atoms with van der Waals surface area (Å²) in [6, 6.07) is 4.50. The van der Waals surface area contributed by atoms with E-state index in [4.69, 9.17) is 4.74 Å². The number of nitrogens with zero attached hydrogens (tertiary/aromatic N) is 1. The van der Waals surface area contributed by atoms with Crippen LogP contribution >= 0.6 is 0 Å². The van der Waals surface area contributed by atoms with E-state index in [2.05, 4.69) is 10.6 Å². The number of morpholine rings is 1. The number of halogens is 1. The fourth-order valence-electron chi connectivity index (χ4n) is 2.60. The highest BCUT2D eigenvalue weighted by molar-refractivity contribution is 5.86. The molecule has 1 heterocycles. The summed E-state index contributed by atoms with van der Waals surface area (Å²) in [5.74, 6) is -0.435. The summed E-state index contributed by atoms with van der Waals surface area (Å²) in [5.41, 5.74) is 1.33. The molecule has 0 aliphatic carbocycles. The van der Waals surface area contributed by atoms with Gasteiger partial charge in [0.15, 0.2) is 0 Å². The zero-order valence-electron chi connectivity index (χ0n) is 12.5. The van der Waals surface area contributed by atoms with Crippen molar-refractivity contribution < 1.29 is 13.9 Å². The number of para-hydroxylation sites is 1. The van der Waals surface area contributed by atoms with Crippen LogP contribution in [0.25, 0.3) is 0 Å². The smallest absolute Gasteiger partial charge is 0.245 e. The number of likely N-dealkylation sites (N-methyl/N-ethyl adjacent to an activating group) is 1. The molecule has 2 N–H and O–H groups in total. The van der Waals surface area contributed by atoms with Crippen LogP contribution in [0.4, 0.5) is 10.1 Å². The average molecular weight is 295 g/mol. The molecule has 1 aliphatic rings. The standard InChI is InChI=1S/C15H22FN3O2/c1-3-18-15(20)13-10-21-8-7-19(13)14-11(9-17-2)5-4-6-12(14)16/h4-6,13,17H,3,7-10H2,1-2H3,(H,18,20). The molecule has 1 amide bonds. The molecule has 0 aromatic heterocycles. The highest BCUT2D eigenvalue weighted by Gasteiger charge is 2.32. The molecule has 116 valence electrons. The number of benzene rings is 1. The van der Waals surface area contributed by atoms with Gasteiger partial charge in [-0.25, -0.2) is 4.39 Å². The Labute approximate surface area is 124 Å². The average Bonchev–Trinajstić information content (AvgIpc) is 2.48. The first-order valence-electron chi connectivity index (χ1n) is 7.23.